The van der Waals surface area contributed by atoms with E-state index in [-0.39, 0.29) is 30.4 Å². The molecule has 1 aliphatic rings. The Balaban J connectivity index is 1.60. The number of para-hydroxylation sites is 1. The van der Waals surface area contributed by atoms with Crippen molar-refractivity contribution in [3.05, 3.63) is 65.7 Å². The van der Waals surface area contributed by atoms with Gasteiger partial charge in [0, 0.05) is 32.4 Å². The third kappa shape index (κ3) is 5.35. The minimum absolute atomic E-state index is 0.182. The van der Waals surface area contributed by atoms with Crippen LogP contribution in [0.1, 0.15) is 36.9 Å². The lowest BCUT2D eigenvalue weighted by atomic mass is 10.0. The van der Waals surface area contributed by atoms with Gasteiger partial charge < -0.3 is 20.2 Å². The lowest BCUT2D eigenvalue weighted by Gasteiger charge is -2.30. The van der Waals surface area contributed by atoms with Crippen molar-refractivity contribution in [2.24, 2.45) is 0 Å². The number of nitrogens with zero attached hydrogens (tertiary/aromatic N) is 2. The molecule has 1 saturated heterocycles. The van der Waals surface area contributed by atoms with Gasteiger partial charge in [0.1, 0.15) is 6.42 Å². The number of β-amino-alcohol motifs (C(OH)–C–C–N with tert-alkyl or cyclic N) is 1. The zero-order valence-corrected chi connectivity index (χ0v) is 17.0. The minimum atomic E-state index is -0.314. The van der Waals surface area contributed by atoms with Gasteiger partial charge in [-0.05, 0) is 30.5 Å². The number of hydrogen-bond acceptors (Lipinski definition) is 4. The molecular weight excluding hydrogens is 366 g/mol. The highest BCUT2D eigenvalue weighted by atomic mass is 16.3. The van der Waals surface area contributed by atoms with Gasteiger partial charge in [-0.2, -0.15) is 0 Å². The van der Waals surface area contributed by atoms with E-state index in [1.54, 1.807) is 11.9 Å². The Morgan fingerprint density at radius 2 is 1.86 bits per heavy atom. The number of aliphatic hydroxyl groups excluding tert-OH is 1. The number of nitrogens with one attached hydrogen (secondary N) is 1. The summed E-state index contributed by atoms with van der Waals surface area (Å²) < 4.78 is 0. The summed E-state index contributed by atoms with van der Waals surface area (Å²) in [6, 6.07) is 17.4. The van der Waals surface area contributed by atoms with E-state index in [0.717, 1.165) is 29.8 Å². The van der Waals surface area contributed by atoms with Crippen molar-refractivity contribution in [1.29, 1.82) is 0 Å². The number of amides is 2. The predicted molar refractivity (Wildman–Crippen MR) is 113 cm³/mol. The monoisotopic (exact) mass is 395 g/mol. The van der Waals surface area contributed by atoms with E-state index >= 15 is 0 Å². The summed E-state index contributed by atoms with van der Waals surface area (Å²) >= 11 is 0. The van der Waals surface area contributed by atoms with Crippen LogP contribution >= 0.6 is 0 Å². The number of carbonyl (C=O) groups excluding carboxylic acids is 2. The fourth-order valence-corrected chi connectivity index (χ4v) is 3.64. The lowest BCUT2D eigenvalue weighted by Crippen LogP contribution is -2.35. The van der Waals surface area contributed by atoms with Gasteiger partial charge in [0.25, 0.3) is 0 Å². The van der Waals surface area contributed by atoms with Crippen LogP contribution in [0.25, 0.3) is 0 Å². The summed E-state index contributed by atoms with van der Waals surface area (Å²) in [5.74, 6) is -0.506. The average Bonchev–Trinajstić information content (AvgIpc) is 3.18. The first-order valence-corrected chi connectivity index (χ1v) is 10.0. The lowest BCUT2D eigenvalue weighted by molar-refractivity contribution is -0.136. The molecular formula is C23H29N3O3. The number of aliphatic hydroxyl groups is 1. The molecule has 6 heteroatoms. The molecule has 0 bridgehead atoms. The number of hydrogen-bond donors (Lipinski definition) is 2. The first-order valence-electron chi connectivity index (χ1n) is 10.0. The van der Waals surface area contributed by atoms with Gasteiger partial charge in [0.15, 0.2) is 0 Å². The summed E-state index contributed by atoms with van der Waals surface area (Å²) in [5.41, 5.74) is 3.05. The molecule has 2 aromatic rings. The first-order chi connectivity index (χ1) is 14.0. The maximum absolute atomic E-state index is 12.7. The molecule has 0 spiro atoms. The van der Waals surface area contributed by atoms with Gasteiger partial charge in [-0.3, -0.25) is 9.59 Å². The van der Waals surface area contributed by atoms with Crippen molar-refractivity contribution in [3.8, 4) is 0 Å². The van der Waals surface area contributed by atoms with Crippen molar-refractivity contribution >= 4 is 17.5 Å². The molecule has 1 fully saturated rings. The minimum Gasteiger partial charge on any atom is -0.391 e. The Hall–Kier alpha value is -2.86. The zero-order valence-electron chi connectivity index (χ0n) is 17.0. The van der Waals surface area contributed by atoms with E-state index in [1.165, 1.54) is 0 Å². The highest BCUT2D eigenvalue weighted by Gasteiger charge is 2.26. The first kappa shape index (κ1) is 20.9. The van der Waals surface area contributed by atoms with E-state index in [1.807, 2.05) is 61.5 Å². The SMILES string of the molecule is C[C@@H](c1ccccc1N1CCC(O)C1)N(C)C(=O)CC(=O)NCc1ccccc1. The van der Waals surface area contributed by atoms with Crippen LogP contribution in [0, 0.1) is 0 Å². The van der Waals surface area contributed by atoms with Crippen molar-refractivity contribution in [2.75, 3.05) is 25.0 Å². The molecule has 2 N–H and O–H groups in total. The summed E-state index contributed by atoms with van der Waals surface area (Å²) in [4.78, 5) is 28.7. The van der Waals surface area contributed by atoms with Crippen LogP contribution in [-0.2, 0) is 16.1 Å². The summed E-state index contributed by atoms with van der Waals surface area (Å²) in [6.45, 7) is 3.77. The van der Waals surface area contributed by atoms with Gasteiger partial charge in [-0.25, -0.2) is 0 Å². The molecule has 1 aliphatic heterocycles. The standard InChI is InChI=1S/C23H29N3O3/c1-17(20-10-6-7-11-21(20)26-13-12-19(27)16-26)25(2)23(29)14-22(28)24-15-18-8-4-3-5-9-18/h3-11,17,19,27H,12-16H2,1-2H3,(H,24,28)/t17-,19?/m0/s1. The Kier molecular flexibility index (Phi) is 6.88. The third-order valence-electron chi connectivity index (χ3n) is 5.51. The summed E-state index contributed by atoms with van der Waals surface area (Å²) in [6.07, 6.45) is 0.253. The average molecular weight is 396 g/mol. The molecule has 2 amide bonds. The van der Waals surface area contributed by atoms with Gasteiger partial charge in [0.05, 0.1) is 12.1 Å². The zero-order chi connectivity index (χ0) is 20.8. The van der Waals surface area contributed by atoms with E-state index < -0.39 is 0 Å². The number of benzene rings is 2. The van der Waals surface area contributed by atoms with E-state index in [2.05, 4.69) is 10.2 Å². The summed E-state index contributed by atoms with van der Waals surface area (Å²) in [7, 11) is 1.73. The highest BCUT2D eigenvalue weighted by Crippen LogP contribution is 2.31. The van der Waals surface area contributed by atoms with Crippen LogP contribution in [0.2, 0.25) is 0 Å². The van der Waals surface area contributed by atoms with Crippen LogP contribution in [0.5, 0.6) is 0 Å². The molecule has 2 aromatic carbocycles. The van der Waals surface area contributed by atoms with Crippen LogP contribution < -0.4 is 10.2 Å². The van der Waals surface area contributed by atoms with Gasteiger partial charge in [-0.1, -0.05) is 48.5 Å². The second-order valence-electron chi connectivity index (χ2n) is 7.57. The highest BCUT2D eigenvalue weighted by molar-refractivity contribution is 5.97. The van der Waals surface area contributed by atoms with Crippen LogP contribution in [0.15, 0.2) is 54.6 Å². The second kappa shape index (κ2) is 9.56. The van der Waals surface area contributed by atoms with E-state index in [4.69, 9.17) is 0 Å². The fraction of sp³-hybridized carbons (Fsp3) is 0.391. The summed E-state index contributed by atoms with van der Waals surface area (Å²) in [5, 5.41) is 12.7. The number of rotatable bonds is 7. The molecule has 6 nitrogen and oxygen atoms in total. The van der Waals surface area contributed by atoms with E-state index in [9.17, 15) is 14.7 Å². The topological polar surface area (TPSA) is 72.9 Å². The largest absolute Gasteiger partial charge is 0.391 e. The van der Waals surface area contributed by atoms with Crippen molar-refractivity contribution in [1.82, 2.24) is 10.2 Å². The van der Waals surface area contributed by atoms with Crippen molar-refractivity contribution in [2.45, 2.75) is 38.5 Å². The molecule has 0 aliphatic carbocycles. The Bertz CT molecular complexity index is 840. The molecule has 154 valence electrons. The predicted octanol–water partition coefficient (Wildman–Crippen LogP) is 2.48. The molecule has 1 unspecified atom stereocenters. The molecule has 3 rings (SSSR count). The number of carbonyl (C=O) groups is 2. The molecule has 0 aromatic heterocycles. The Morgan fingerprint density at radius 3 is 2.55 bits per heavy atom. The van der Waals surface area contributed by atoms with Crippen molar-refractivity contribution < 1.29 is 14.7 Å². The van der Waals surface area contributed by atoms with Gasteiger partial charge in [0.2, 0.25) is 11.8 Å². The second-order valence-corrected chi connectivity index (χ2v) is 7.57. The molecule has 29 heavy (non-hydrogen) atoms. The molecule has 2 atom stereocenters. The van der Waals surface area contributed by atoms with Crippen molar-refractivity contribution in [3.63, 3.8) is 0 Å². The molecule has 1 heterocycles. The Morgan fingerprint density at radius 1 is 1.17 bits per heavy atom. The Labute approximate surface area is 172 Å². The van der Waals surface area contributed by atoms with Crippen LogP contribution in [-0.4, -0.2) is 48.1 Å². The molecule has 0 saturated carbocycles. The maximum atomic E-state index is 12.7. The smallest absolute Gasteiger partial charge is 0.232 e. The van der Waals surface area contributed by atoms with E-state index in [0.29, 0.717) is 13.1 Å². The normalized spacial score (nSPS) is 17.1. The van der Waals surface area contributed by atoms with Gasteiger partial charge >= 0.3 is 0 Å². The maximum Gasteiger partial charge on any atom is 0.232 e. The molecule has 0 radical (unpaired) electrons. The van der Waals surface area contributed by atoms with Crippen LogP contribution in [0.3, 0.4) is 0 Å². The quantitative estimate of drug-likeness (QED) is 0.707. The third-order valence-corrected chi connectivity index (χ3v) is 5.51. The van der Waals surface area contributed by atoms with Gasteiger partial charge in [-0.15, -0.1) is 0 Å². The number of anilines is 1. The fourth-order valence-electron chi connectivity index (χ4n) is 3.64. The van der Waals surface area contributed by atoms with Crippen LogP contribution in [0.4, 0.5) is 5.69 Å².